The maximum atomic E-state index is 11.9. The van der Waals surface area contributed by atoms with E-state index in [1.807, 2.05) is 45.0 Å². The normalized spacial score (nSPS) is 11.5. The van der Waals surface area contributed by atoms with E-state index in [4.69, 9.17) is 9.72 Å². The average Bonchev–Trinajstić information content (AvgIpc) is 2.91. The number of carbonyl (C=O) groups is 1. The Morgan fingerprint density at radius 2 is 1.88 bits per heavy atom. The summed E-state index contributed by atoms with van der Waals surface area (Å²) in [6.45, 7) is 8.09. The molecule has 1 aromatic heterocycles. The van der Waals surface area contributed by atoms with Gasteiger partial charge in [0.15, 0.2) is 0 Å². The van der Waals surface area contributed by atoms with Crippen LogP contribution in [-0.2, 0) is 11.2 Å². The van der Waals surface area contributed by atoms with Crippen molar-refractivity contribution < 1.29 is 9.53 Å². The average molecular weight is 351 g/mol. The fraction of sp³-hybridized carbons (Fsp3) is 0.333. The molecule has 0 spiro atoms. The predicted molar refractivity (Wildman–Crippen MR) is 104 cm³/mol. The number of rotatable bonds is 4. The van der Waals surface area contributed by atoms with Crippen molar-refractivity contribution in [2.24, 2.45) is 0 Å². The number of carbonyl (C=O) groups excluding carboxylic acids is 1. The Morgan fingerprint density at radius 1 is 1.15 bits per heavy atom. The maximum Gasteiger partial charge on any atom is 0.407 e. The van der Waals surface area contributed by atoms with Gasteiger partial charge < -0.3 is 10.1 Å². The smallest absolute Gasteiger partial charge is 0.407 e. The van der Waals surface area contributed by atoms with Crippen molar-refractivity contribution in [3.63, 3.8) is 0 Å². The number of hydrogen-bond donors (Lipinski definition) is 1. The Labute approximate surface area is 154 Å². The van der Waals surface area contributed by atoms with E-state index in [1.54, 1.807) is 0 Å². The lowest BCUT2D eigenvalue weighted by Crippen LogP contribution is -2.33. The van der Waals surface area contributed by atoms with Crippen molar-refractivity contribution in [1.29, 1.82) is 0 Å². The van der Waals surface area contributed by atoms with Crippen LogP contribution >= 0.6 is 0 Å². The number of hydrogen-bond acceptors (Lipinski definition) is 3. The van der Waals surface area contributed by atoms with Gasteiger partial charge in [0.1, 0.15) is 11.4 Å². The molecule has 3 aromatic rings. The van der Waals surface area contributed by atoms with Gasteiger partial charge in [-0.1, -0.05) is 24.3 Å². The van der Waals surface area contributed by atoms with Crippen molar-refractivity contribution in [2.75, 3.05) is 6.54 Å². The van der Waals surface area contributed by atoms with E-state index in [0.717, 1.165) is 22.5 Å². The Bertz CT molecular complexity index is 908. The standard InChI is InChI=1S/C21H25N3O2/c1-15-10-11-17-18(14-15)24(16-8-6-5-7-9-16)19(23-17)12-13-22-20(25)26-21(2,3)4/h5-11,14H,12-13H2,1-4H3,(H,22,25). The fourth-order valence-electron chi connectivity index (χ4n) is 2.86. The molecule has 2 aromatic carbocycles. The Morgan fingerprint density at radius 3 is 2.58 bits per heavy atom. The summed E-state index contributed by atoms with van der Waals surface area (Å²) in [5.41, 5.74) is 3.77. The van der Waals surface area contributed by atoms with E-state index in [-0.39, 0.29) is 0 Å². The largest absolute Gasteiger partial charge is 0.444 e. The highest BCUT2D eigenvalue weighted by Gasteiger charge is 2.17. The molecule has 5 nitrogen and oxygen atoms in total. The number of nitrogens with zero attached hydrogens (tertiary/aromatic N) is 2. The zero-order chi connectivity index (χ0) is 18.7. The molecule has 0 atom stereocenters. The van der Waals surface area contributed by atoms with Gasteiger partial charge in [0.25, 0.3) is 0 Å². The topological polar surface area (TPSA) is 56.1 Å². The number of fused-ring (bicyclic) bond motifs is 1. The molecule has 136 valence electrons. The van der Waals surface area contributed by atoms with Gasteiger partial charge in [-0.05, 0) is 57.5 Å². The first-order chi connectivity index (χ1) is 12.3. The highest BCUT2D eigenvalue weighted by atomic mass is 16.6. The molecule has 1 heterocycles. The highest BCUT2D eigenvalue weighted by Crippen LogP contribution is 2.23. The number of aromatic nitrogens is 2. The first kappa shape index (κ1) is 18.0. The number of aryl methyl sites for hydroxylation is 1. The molecular weight excluding hydrogens is 326 g/mol. The minimum Gasteiger partial charge on any atom is -0.444 e. The number of benzene rings is 2. The van der Waals surface area contributed by atoms with Crippen LogP contribution in [0, 0.1) is 6.92 Å². The summed E-state index contributed by atoms with van der Waals surface area (Å²) < 4.78 is 7.44. The van der Waals surface area contributed by atoms with Crippen LogP contribution in [0.5, 0.6) is 0 Å². The summed E-state index contributed by atoms with van der Waals surface area (Å²) in [6, 6.07) is 16.4. The summed E-state index contributed by atoms with van der Waals surface area (Å²) in [7, 11) is 0. The summed E-state index contributed by atoms with van der Waals surface area (Å²) in [4.78, 5) is 16.6. The molecular formula is C21H25N3O2. The van der Waals surface area contributed by atoms with Gasteiger partial charge in [0.05, 0.1) is 11.0 Å². The lowest BCUT2D eigenvalue weighted by molar-refractivity contribution is 0.0528. The van der Waals surface area contributed by atoms with Crippen molar-refractivity contribution >= 4 is 17.1 Å². The molecule has 0 bridgehead atoms. The molecule has 0 aliphatic carbocycles. The zero-order valence-corrected chi connectivity index (χ0v) is 15.7. The summed E-state index contributed by atoms with van der Waals surface area (Å²) in [6.07, 6.45) is 0.206. The number of nitrogens with one attached hydrogen (secondary N) is 1. The molecule has 1 amide bonds. The van der Waals surface area contributed by atoms with Gasteiger partial charge in [-0.25, -0.2) is 9.78 Å². The van der Waals surface area contributed by atoms with Crippen LogP contribution < -0.4 is 5.32 Å². The molecule has 5 heteroatoms. The van der Waals surface area contributed by atoms with Gasteiger partial charge in [-0.15, -0.1) is 0 Å². The zero-order valence-electron chi connectivity index (χ0n) is 15.7. The minimum absolute atomic E-state index is 0.407. The number of amides is 1. The highest BCUT2D eigenvalue weighted by molar-refractivity contribution is 5.79. The number of imidazole rings is 1. The van der Waals surface area contributed by atoms with Crippen molar-refractivity contribution in [3.05, 3.63) is 59.9 Å². The summed E-state index contributed by atoms with van der Waals surface area (Å²) >= 11 is 0. The van der Waals surface area contributed by atoms with E-state index in [2.05, 4.69) is 41.1 Å². The fourth-order valence-corrected chi connectivity index (χ4v) is 2.86. The SMILES string of the molecule is Cc1ccc2nc(CCNC(=O)OC(C)(C)C)n(-c3ccccc3)c2c1. The minimum atomic E-state index is -0.501. The third kappa shape index (κ3) is 4.23. The van der Waals surface area contributed by atoms with Crippen molar-refractivity contribution in [3.8, 4) is 5.69 Å². The predicted octanol–water partition coefficient (Wildman–Crippen LogP) is 4.40. The molecule has 0 fully saturated rings. The summed E-state index contributed by atoms with van der Waals surface area (Å²) in [5, 5.41) is 2.81. The van der Waals surface area contributed by atoms with Gasteiger partial charge in [-0.3, -0.25) is 4.57 Å². The van der Waals surface area contributed by atoms with E-state index in [0.29, 0.717) is 13.0 Å². The second kappa shape index (κ2) is 7.20. The van der Waals surface area contributed by atoms with Gasteiger partial charge >= 0.3 is 6.09 Å². The van der Waals surface area contributed by atoms with Crippen LogP contribution in [0.1, 0.15) is 32.2 Å². The van der Waals surface area contributed by atoms with Crippen LogP contribution in [0.15, 0.2) is 48.5 Å². The monoisotopic (exact) mass is 351 g/mol. The second-order valence-electron chi connectivity index (χ2n) is 7.37. The van der Waals surface area contributed by atoms with Gasteiger partial charge in [0.2, 0.25) is 0 Å². The first-order valence-electron chi connectivity index (χ1n) is 8.84. The van der Waals surface area contributed by atoms with E-state index in [1.165, 1.54) is 5.56 Å². The number of alkyl carbamates (subject to hydrolysis) is 1. The second-order valence-corrected chi connectivity index (χ2v) is 7.37. The van der Waals surface area contributed by atoms with E-state index in [9.17, 15) is 4.79 Å². The molecule has 0 saturated carbocycles. The molecule has 0 aliphatic heterocycles. The Balaban J connectivity index is 1.85. The van der Waals surface area contributed by atoms with Crippen molar-refractivity contribution in [2.45, 2.75) is 39.7 Å². The summed E-state index contributed by atoms with van der Waals surface area (Å²) in [5.74, 6) is 0.910. The molecule has 26 heavy (non-hydrogen) atoms. The molecule has 0 aliphatic rings. The quantitative estimate of drug-likeness (QED) is 0.758. The Kier molecular flexibility index (Phi) is 4.98. The third-order valence-corrected chi connectivity index (χ3v) is 3.91. The van der Waals surface area contributed by atoms with Crippen LogP contribution in [0.25, 0.3) is 16.7 Å². The third-order valence-electron chi connectivity index (χ3n) is 3.91. The van der Waals surface area contributed by atoms with Crippen molar-refractivity contribution in [1.82, 2.24) is 14.9 Å². The lowest BCUT2D eigenvalue weighted by atomic mass is 10.2. The lowest BCUT2D eigenvalue weighted by Gasteiger charge is -2.19. The van der Waals surface area contributed by atoms with Crippen LogP contribution in [0.3, 0.4) is 0 Å². The molecule has 0 radical (unpaired) electrons. The molecule has 0 saturated heterocycles. The van der Waals surface area contributed by atoms with Gasteiger partial charge in [0, 0.05) is 18.7 Å². The maximum absolute atomic E-state index is 11.9. The van der Waals surface area contributed by atoms with E-state index < -0.39 is 11.7 Å². The first-order valence-corrected chi connectivity index (χ1v) is 8.84. The molecule has 0 unspecified atom stereocenters. The molecule has 1 N–H and O–H groups in total. The van der Waals surface area contributed by atoms with E-state index >= 15 is 0 Å². The number of ether oxygens (including phenoxy) is 1. The Hall–Kier alpha value is -2.82. The van der Waals surface area contributed by atoms with Crippen LogP contribution in [0.2, 0.25) is 0 Å². The van der Waals surface area contributed by atoms with Crippen LogP contribution in [0.4, 0.5) is 4.79 Å². The van der Waals surface area contributed by atoms with Gasteiger partial charge in [-0.2, -0.15) is 0 Å². The number of para-hydroxylation sites is 1. The van der Waals surface area contributed by atoms with Crippen LogP contribution in [-0.4, -0.2) is 27.8 Å². The molecule has 3 rings (SSSR count).